The van der Waals surface area contributed by atoms with Gasteiger partial charge in [-0.1, -0.05) is 62.2 Å². The molecule has 2 aliphatic rings. The lowest BCUT2D eigenvalue weighted by Crippen LogP contribution is -2.49. The van der Waals surface area contributed by atoms with Crippen molar-refractivity contribution in [3.8, 4) is 0 Å². The summed E-state index contributed by atoms with van der Waals surface area (Å²) in [5.74, 6) is -3.95. The maximum atomic E-state index is 15.8. The number of fused-ring (bicyclic) bond motifs is 2. The summed E-state index contributed by atoms with van der Waals surface area (Å²) in [6.07, 6.45) is 0.464. The molecule has 2 aliphatic heterocycles. The van der Waals surface area contributed by atoms with E-state index in [9.17, 15) is 19.5 Å². The Hall–Kier alpha value is -3.05. The Kier molecular flexibility index (Phi) is 6.95. The predicted molar refractivity (Wildman–Crippen MR) is 148 cm³/mol. The highest BCUT2D eigenvalue weighted by Crippen LogP contribution is 2.57. The monoisotopic (exact) mass is 590 g/mol. The third-order valence-corrected chi connectivity index (χ3v) is 8.46. The number of benzene rings is 2. The van der Waals surface area contributed by atoms with Crippen LogP contribution in [-0.4, -0.2) is 40.0 Å². The van der Waals surface area contributed by atoms with Gasteiger partial charge in [-0.05, 0) is 41.2 Å². The summed E-state index contributed by atoms with van der Waals surface area (Å²) < 4.78 is 15.8. The quantitative estimate of drug-likeness (QED) is 0.303. The smallest absolute Gasteiger partial charge is 0.355 e. The number of aromatic nitrogens is 1. The molecule has 1 unspecified atom stereocenters. The van der Waals surface area contributed by atoms with Crippen molar-refractivity contribution in [3.05, 3.63) is 74.5 Å². The average Bonchev–Trinajstić information content (AvgIpc) is 3.51. The number of carboxylic acids is 1. The summed E-state index contributed by atoms with van der Waals surface area (Å²) in [6, 6.07) is 7.86. The van der Waals surface area contributed by atoms with Crippen molar-refractivity contribution >= 4 is 63.1 Å². The second-order valence-corrected chi connectivity index (χ2v) is 12.6. The second-order valence-electron chi connectivity index (χ2n) is 10.9. The molecule has 1 saturated heterocycles. The summed E-state index contributed by atoms with van der Waals surface area (Å²) in [5, 5.41) is 19.8. The van der Waals surface area contributed by atoms with E-state index in [4.69, 9.17) is 23.2 Å². The van der Waals surface area contributed by atoms with Crippen LogP contribution in [0.4, 0.5) is 15.2 Å². The van der Waals surface area contributed by atoms with Crippen LogP contribution >= 0.6 is 34.5 Å². The Balaban J connectivity index is 1.71. The van der Waals surface area contributed by atoms with E-state index in [1.807, 2.05) is 20.8 Å². The van der Waals surface area contributed by atoms with Gasteiger partial charge in [0.05, 0.1) is 11.1 Å². The Morgan fingerprint density at radius 3 is 2.64 bits per heavy atom. The lowest BCUT2D eigenvalue weighted by molar-refractivity contribution is -0.122. The van der Waals surface area contributed by atoms with E-state index in [0.717, 1.165) is 11.3 Å². The number of carbonyl (C=O) groups excluding carboxylic acids is 2. The van der Waals surface area contributed by atoms with Crippen LogP contribution in [0, 0.1) is 11.2 Å². The van der Waals surface area contributed by atoms with E-state index in [1.54, 1.807) is 24.3 Å². The van der Waals surface area contributed by atoms with Gasteiger partial charge in [0.15, 0.2) is 10.8 Å². The molecule has 0 saturated carbocycles. The van der Waals surface area contributed by atoms with E-state index < -0.39 is 41.1 Å². The summed E-state index contributed by atoms with van der Waals surface area (Å²) >= 11 is 13.4. The molecule has 2 aromatic carbocycles. The third kappa shape index (κ3) is 4.69. The molecule has 0 aliphatic carbocycles. The maximum absolute atomic E-state index is 15.8. The third-order valence-electron chi connectivity index (χ3n) is 7.17. The Bertz CT molecular complexity index is 1510. The van der Waals surface area contributed by atoms with Crippen LogP contribution in [0.1, 0.15) is 54.7 Å². The first-order valence-electron chi connectivity index (χ1n) is 12.1. The van der Waals surface area contributed by atoms with E-state index in [2.05, 4.69) is 20.9 Å². The van der Waals surface area contributed by atoms with Crippen LogP contribution in [0.15, 0.2) is 41.8 Å². The number of carbonyl (C=O) groups is 3. The Labute approximate surface area is 237 Å². The fourth-order valence-corrected chi connectivity index (χ4v) is 6.81. The molecule has 0 radical (unpaired) electrons. The zero-order valence-corrected chi connectivity index (χ0v) is 23.5. The molecule has 0 bridgehead atoms. The lowest BCUT2D eigenvalue weighted by atomic mass is 9.62. The van der Waals surface area contributed by atoms with Crippen LogP contribution in [0.5, 0.6) is 0 Å². The molecule has 2 amide bonds. The summed E-state index contributed by atoms with van der Waals surface area (Å²) in [4.78, 5) is 43.2. The van der Waals surface area contributed by atoms with Crippen molar-refractivity contribution < 1.29 is 23.9 Å². The number of halogens is 3. The van der Waals surface area contributed by atoms with Gasteiger partial charge in [0, 0.05) is 28.0 Å². The second kappa shape index (κ2) is 9.85. The standard InChI is InChI=1S/C27H25Cl2FN4O4S/c1-26(2,3)10-18-27(14-8-7-12(28)9-16(14)31-24(27)38)19(13-5-4-6-15(29)20(13)30)21(33-18)22(35)34-25-32-17(11-39-25)23(36)37/h4-9,11,18-19,21,33H,10H2,1-3H3,(H,31,38)(H,36,37)(H,32,34,35)/t18-,19-,21+,27?/m0/s1. The number of carboxylic acid groups (broad SMARTS) is 1. The van der Waals surface area contributed by atoms with Gasteiger partial charge in [-0.3, -0.25) is 9.59 Å². The minimum atomic E-state index is -1.39. The number of hydrogen-bond acceptors (Lipinski definition) is 6. The first-order valence-corrected chi connectivity index (χ1v) is 13.8. The number of nitrogens with zero attached hydrogens (tertiary/aromatic N) is 1. The van der Waals surface area contributed by atoms with Gasteiger partial charge in [-0.2, -0.15) is 0 Å². The number of nitrogens with one attached hydrogen (secondary N) is 3. The molecular weight excluding hydrogens is 566 g/mol. The predicted octanol–water partition coefficient (Wildman–Crippen LogP) is 5.68. The molecule has 39 heavy (non-hydrogen) atoms. The molecule has 12 heteroatoms. The summed E-state index contributed by atoms with van der Waals surface area (Å²) in [5.41, 5.74) is -0.691. The van der Waals surface area contributed by atoms with Crippen molar-refractivity contribution in [1.29, 1.82) is 0 Å². The number of thiazole rings is 1. The number of aromatic carboxylic acids is 1. The highest BCUT2D eigenvalue weighted by molar-refractivity contribution is 7.14. The number of rotatable bonds is 5. The first kappa shape index (κ1) is 27.5. The Morgan fingerprint density at radius 2 is 1.97 bits per heavy atom. The van der Waals surface area contributed by atoms with Gasteiger partial charge in [0.25, 0.3) is 0 Å². The fourth-order valence-electron chi connectivity index (χ4n) is 5.76. The molecular formula is C27H25Cl2FN4O4S. The number of amides is 2. The number of hydrogen-bond donors (Lipinski definition) is 4. The van der Waals surface area contributed by atoms with E-state index in [0.29, 0.717) is 22.7 Å². The van der Waals surface area contributed by atoms with Crippen LogP contribution in [0.2, 0.25) is 10.0 Å². The van der Waals surface area contributed by atoms with Gasteiger partial charge in [-0.25, -0.2) is 14.2 Å². The first-order chi connectivity index (χ1) is 18.3. The molecule has 1 spiro atoms. The molecule has 204 valence electrons. The normalized spacial score (nSPS) is 24.1. The van der Waals surface area contributed by atoms with Gasteiger partial charge in [-0.15, -0.1) is 11.3 Å². The highest BCUT2D eigenvalue weighted by Gasteiger charge is 2.66. The highest BCUT2D eigenvalue weighted by atomic mass is 35.5. The van der Waals surface area contributed by atoms with E-state index in [-0.39, 0.29) is 32.7 Å². The number of anilines is 2. The summed E-state index contributed by atoms with van der Waals surface area (Å²) in [7, 11) is 0. The summed E-state index contributed by atoms with van der Waals surface area (Å²) in [6.45, 7) is 6.05. The maximum Gasteiger partial charge on any atom is 0.355 e. The van der Waals surface area contributed by atoms with Crippen LogP contribution in [0.25, 0.3) is 0 Å². The van der Waals surface area contributed by atoms with E-state index in [1.165, 1.54) is 17.5 Å². The molecule has 3 heterocycles. The van der Waals surface area contributed by atoms with E-state index >= 15 is 4.39 Å². The fraction of sp³-hybridized carbons (Fsp3) is 0.333. The van der Waals surface area contributed by atoms with Crippen molar-refractivity contribution in [2.75, 3.05) is 10.6 Å². The largest absolute Gasteiger partial charge is 0.476 e. The minimum absolute atomic E-state index is 0.0703. The SMILES string of the molecule is CC(C)(C)C[C@@H]1N[C@@H](C(=O)Nc2nc(C(=O)O)cs2)[C@H](c2cccc(Cl)c2F)C12C(=O)Nc1cc(Cl)ccc12. The molecule has 3 aromatic rings. The van der Waals surface area contributed by atoms with Gasteiger partial charge >= 0.3 is 5.97 Å². The van der Waals surface area contributed by atoms with Crippen molar-refractivity contribution in [2.45, 2.75) is 50.6 Å². The van der Waals surface area contributed by atoms with Crippen molar-refractivity contribution in [3.63, 3.8) is 0 Å². The van der Waals surface area contributed by atoms with Gasteiger partial charge in [0.2, 0.25) is 11.8 Å². The van der Waals surface area contributed by atoms with Crippen molar-refractivity contribution in [1.82, 2.24) is 10.3 Å². The molecule has 4 atom stereocenters. The van der Waals surface area contributed by atoms with Crippen LogP contribution in [0.3, 0.4) is 0 Å². The topological polar surface area (TPSA) is 120 Å². The minimum Gasteiger partial charge on any atom is -0.476 e. The molecule has 1 aromatic heterocycles. The lowest BCUT2D eigenvalue weighted by Gasteiger charge is -2.37. The molecule has 4 N–H and O–H groups in total. The van der Waals surface area contributed by atoms with Crippen molar-refractivity contribution in [2.24, 2.45) is 5.41 Å². The molecule has 1 fully saturated rings. The van der Waals surface area contributed by atoms with Crippen LogP contribution in [-0.2, 0) is 15.0 Å². The Morgan fingerprint density at radius 1 is 1.23 bits per heavy atom. The van der Waals surface area contributed by atoms with Crippen LogP contribution < -0.4 is 16.0 Å². The van der Waals surface area contributed by atoms with Gasteiger partial charge < -0.3 is 21.1 Å². The zero-order valence-electron chi connectivity index (χ0n) is 21.1. The van der Waals surface area contributed by atoms with Gasteiger partial charge in [0.1, 0.15) is 11.2 Å². The zero-order chi connectivity index (χ0) is 28.3. The average molecular weight is 591 g/mol. The molecule has 8 nitrogen and oxygen atoms in total. The molecule has 5 rings (SSSR count).